The van der Waals surface area contributed by atoms with Crippen LogP contribution in [0, 0.1) is 5.92 Å². The van der Waals surface area contributed by atoms with Crippen LogP contribution in [0.4, 0.5) is 13.6 Å². The molecule has 0 bridgehead atoms. The second-order valence-corrected chi connectivity index (χ2v) is 6.47. The average Bonchev–Trinajstić information content (AvgIpc) is 2.40. The summed E-state index contributed by atoms with van der Waals surface area (Å²) >= 11 is 0. The fourth-order valence-corrected chi connectivity index (χ4v) is 2.31. The van der Waals surface area contributed by atoms with Gasteiger partial charge in [-0.15, -0.1) is 0 Å². The summed E-state index contributed by atoms with van der Waals surface area (Å²) in [6.07, 6.45) is -0.420. The summed E-state index contributed by atoms with van der Waals surface area (Å²) < 4.78 is 33.8. The molecular formula is C16H20F2N2O4. The molecule has 0 spiro atoms. The zero-order valence-electron chi connectivity index (χ0n) is 13.7. The number of rotatable bonds is 4. The lowest BCUT2D eigenvalue weighted by Gasteiger charge is -2.39. The van der Waals surface area contributed by atoms with E-state index in [1.54, 1.807) is 20.8 Å². The van der Waals surface area contributed by atoms with Crippen molar-refractivity contribution in [3.8, 4) is 5.75 Å². The molecule has 24 heavy (non-hydrogen) atoms. The van der Waals surface area contributed by atoms with Gasteiger partial charge < -0.3 is 19.6 Å². The van der Waals surface area contributed by atoms with Crippen molar-refractivity contribution in [3.63, 3.8) is 0 Å². The zero-order valence-corrected chi connectivity index (χ0v) is 13.7. The van der Waals surface area contributed by atoms with E-state index in [-0.39, 0.29) is 11.7 Å². The first kappa shape index (κ1) is 18.0. The van der Waals surface area contributed by atoms with Crippen molar-refractivity contribution in [1.82, 2.24) is 4.90 Å². The summed E-state index contributed by atoms with van der Waals surface area (Å²) in [6.45, 7) is 3.19. The van der Waals surface area contributed by atoms with E-state index in [0.717, 1.165) is 0 Å². The molecule has 1 aromatic rings. The van der Waals surface area contributed by atoms with Crippen LogP contribution in [0.1, 0.15) is 26.3 Å². The Morgan fingerprint density at radius 3 is 2.33 bits per heavy atom. The minimum absolute atomic E-state index is 0.0232. The smallest absolute Gasteiger partial charge is 0.410 e. The van der Waals surface area contributed by atoms with Gasteiger partial charge in [0.05, 0.1) is 5.71 Å². The summed E-state index contributed by atoms with van der Waals surface area (Å²) in [6, 6.07) is 5.81. The van der Waals surface area contributed by atoms with Crippen molar-refractivity contribution >= 4 is 11.8 Å². The van der Waals surface area contributed by atoms with Crippen LogP contribution >= 0.6 is 0 Å². The van der Waals surface area contributed by atoms with Gasteiger partial charge in [-0.05, 0) is 50.6 Å². The summed E-state index contributed by atoms with van der Waals surface area (Å²) in [5.74, 6) is -0.126. The van der Waals surface area contributed by atoms with Crippen LogP contribution in [0.3, 0.4) is 0 Å². The Labute approximate surface area is 138 Å². The molecule has 0 radical (unpaired) electrons. The summed E-state index contributed by atoms with van der Waals surface area (Å²) in [5, 5.41) is 12.5. The summed E-state index contributed by atoms with van der Waals surface area (Å²) in [4.78, 5) is 13.4. The molecule has 1 saturated heterocycles. The normalized spacial score (nSPS) is 16.1. The number of carbonyl (C=O) groups is 1. The molecule has 1 N–H and O–H groups in total. The summed E-state index contributed by atoms with van der Waals surface area (Å²) in [5.41, 5.74) is 0.391. The number of amides is 1. The second-order valence-electron chi connectivity index (χ2n) is 6.47. The number of likely N-dealkylation sites (tertiary alicyclic amines) is 1. The van der Waals surface area contributed by atoms with E-state index in [9.17, 15) is 18.8 Å². The number of ether oxygens (including phenoxy) is 2. The zero-order chi connectivity index (χ0) is 17.9. The monoisotopic (exact) mass is 342 g/mol. The highest BCUT2D eigenvalue weighted by atomic mass is 19.3. The summed E-state index contributed by atoms with van der Waals surface area (Å²) in [7, 11) is 0. The van der Waals surface area contributed by atoms with Gasteiger partial charge in [0.2, 0.25) is 0 Å². The van der Waals surface area contributed by atoms with Crippen molar-refractivity contribution in [2.24, 2.45) is 11.1 Å². The van der Waals surface area contributed by atoms with Crippen LogP contribution in [0.25, 0.3) is 0 Å². The molecule has 1 fully saturated rings. The number of carbonyl (C=O) groups excluding carboxylic acids is 1. The first-order chi connectivity index (χ1) is 11.2. The van der Waals surface area contributed by atoms with Crippen LogP contribution in [-0.2, 0) is 4.74 Å². The lowest BCUT2D eigenvalue weighted by atomic mass is 9.90. The highest BCUT2D eigenvalue weighted by Crippen LogP contribution is 2.25. The molecule has 0 atom stereocenters. The fraction of sp³-hybridized carbons (Fsp3) is 0.500. The maximum absolute atomic E-state index is 12.1. The highest BCUT2D eigenvalue weighted by molar-refractivity contribution is 6.03. The third kappa shape index (κ3) is 4.56. The van der Waals surface area contributed by atoms with E-state index < -0.39 is 18.3 Å². The molecule has 2 rings (SSSR count). The first-order valence-corrected chi connectivity index (χ1v) is 7.44. The van der Waals surface area contributed by atoms with Gasteiger partial charge in [-0.3, -0.25) is 0 Å². The molecule has 1 aromatic carbocycles. The van der Waals surface area contributed by atoms with Gasteiger partial charge >= 0.3 is 12.7 Å². The maximum atomic E-state index is 12.1. The fourth-order valence-electron chi connectivity index (χ4n) is 2.31. The molecule has 0 aromatic heterocycles. The van der Waals surface area contributed by atoms with Crippen LogP contribution in [-0.4, -0.2) is 47.2 Å². The van der Waals surface area contributed by atoms with Gasteiger partial charge in [0.1, 0.15) is 11.4 Å². The molecule has 1 aliphatic heterocycles. The molecule has 1 heterocycles. The van der Waals surface area contributed by atoms with Gasteiger partial charge in [-0.25, -0.2) is 4.79 Å². The van der Waals surface area contributed by atoms with Crippen molar-refractivity contribution in [1.29, 1.82) is 0 Å². The third-order valence-electron chi connectivity index (χ3n) is 3.40. The molecule has 0 unspecified atom stereocenters. The average molecular weight is 342 g/mol. The van der Waals surface area contributed by atoms with E-state index in [2.05, 4.69) is 9.89 Å². The van der Waals surface area contributed by atoms with Gasteiger partial charge in [0.25, 0.3) is 0 Å². The van der Waals surface area contributed by atoms with E-state index in [4.69, 9.17) is 4.74 Å². The van der Waals surface area contributed by atoms with Crippen molar-refractivity contribution in [3.05, 3.63) is 29.8 Å². The second kappa shape index (κ2) is 7.02. The molecular weight excluding hydrogens is 322 g/mol. The van der Waals surface area contributed by atoms with E-state index in [1.807, 2.05) is 0 Å². The Morgan fingerprint density at radius 2 is 1.88 bits per heavy atom. The van der Waals surface area contributed by atoms with Crippen LogP contribution in [0.15, 0.2) is 29.4 Å². The van der Waals surface area contributed by atoms with Crippen molar-refractivity contribution in [2.75, 3.05) is 13.1 Å². The number of nitrogens with zero attached hydrogens (tertiary/aromatic N) is 2. The quantitative estimate of drug-likeness (QED) is 0.517. The number of hydrogen-bond donors (Lipinski definition) is 1. The van der Waals surface area contributed by atoms with Crippen LogP contribution < -0.4 is 4.74 Å². The lowest BCUT2D eigenvalue weighted by molar-refractivity contribution is -0.0498. The number of hydrogen-bond acceptors (Lipinski definition) is 5. The van der Waals surface area contributed by atoms with E-state index in [0.29, 0.717) is 24.4 Å². The first-order valence-electron chi connectivity index (χ1n) is 7.44. The Kier molecular flexibility index (Phi) is 5.26. The van der Waals surface area contributed by atoms with Gasteiger partial charge in [0.15, 0.2) is 0 Å². The predicted octanol–water partition coefficient (Wildman–Crippen LogP) is 3.33. The van der Waals surface area contributed by atoms with E-state index in [1.165, 1.54) is 29.2 Å². The minimum Gasteiger partial charge on any atom is -0.444 e. The number of benzene rings is 1. The lowest BCUT2D eigenvalue weighted by Crippen LogP contribution is -2.54. The predicted molar refractivity (Wildman–Crippen MR) is 82.7 cm³/mol. The number of oxime groups is 1. The third-order valence-corrected chi connectivity index (χ3v) is 3.40. The van der Waals surface area contributed by atoms with Crippen molar-refractivity contribution < 1.29 is 28.3 Å². The Balaban J connectivity index is 1.96. The number of alkyl halides is 2. The topological polar surface area (TPSA) is 71.4 Å². The minimum atomic E-state index is -2.89. The van der Waals surface area contributed by atoms with Crippen molar-refractivity contribution in [2.45, 2.75) is 33.0 Å². The Morgan fingerprint density at radius 1 is 1.29 bits per heavy atom. The van der Waals surface area contributed by atoms with Gasteiger partial charge in [-0.1, -0.05) is 5.16 Å². The number of halogens is 2. The maximum Gasteiger partial charge on any atom is 0.410 e. The standard InChI is InChI=1S/C16H20F2N2O4/c1-16(2,3)24-15(21)20-8-11(9-20)13(19-22)10-4-6-12(7-5-10)23-14(17)18/h4-7,11,14,22H,8-9H2,1-3H3/b19-13+. The largest absolute Gasteiger partial charge is 0.444 e. The Hall–Kier alpha value is -2.38. The van der Waals surface area contributed by atoms with E-state index >= 15 is 0 Å². The molecule has 0 aliphatic carbocycles. The molecule has 1 aliphatic rings. The molecule has 1 amide bonds. The van der Waals surface area contributed by atoms with Gasteiger partial charge in [-0.2, -0.15) is 8.78 Å². The van der Waals surface area contributed by atoms with Crippen LogP contribution in [0.2, 0.25) is 0 Å². The van der Waals surface area contributed by atoms with Crippen LogP contribution in [0.5, 0.6) is 5.75 Å². The molecule has 0 saturated carbocycles. The van der Waals surface area contributed by atoms with Gasteiger partial charge in [0, 0.05) is 19.0 Å². The Bertz CT molecular complexity index is 605. The molecule has 132 valence electrons. The highest BCUT2D eigenvalue weighted by Gasteiger charge is 2.37. The molecule has 8 heteroatoms. The SMILES string of the molecule is CC(C)(C)OC(=O)N1CC(/C(=N/O)c2ccc(OC(F)F)cc2)C1. The molecule has 6 nitrogen and oxygen atoms in total.